The Morgan fingerprint density at radius 2 is 2.29 bits per heavy atom. The van der Waals surface area contributed by atoms with Gasteiger partial charge in [0.15, 0.2) is 0 Å². The number of carbonyl (C=O) groups excluding carboxylic acids is 1. The van der Waals surface area contributed by atoms with E-state index in [1.165, 1.54) is 11.3 Å². The molecular weight excluding hydrogens is 286 g/mol. The van der Waals surface area contributed by atoms with Crippen LogP contribution >= 0.6 is 11.3 Å². The van der Waals surface area contributed by atoms with Crippen LogP contribution in [0.2, 0.25) is 0 Å². The van der Waals surface area contributed by atoms with Crippen molar-refractivity contribution in [2.24, 2.45) is 0 Å². The molecule has 0 unspecified atom stereocenters. The SMILES string of the molecule is CCNc1nnc(C(=O)N(C)Cc2cccc(C#N)c2)s1. The van der Waals surface area contributed by atoms with Crippen LogP contribution in [0.3, 0.4) is 0 Å². The van der Waals surface area contributed by atoms with E-state index < -0.39 is 0 Å². The van der Waals surface area contributed by atoms with Crippen molar-refractivity contribution in [3.05, 3.63) is 40.4 Å². The molecular formula is C14H15N5OS. The van der Waals surface area contributed by atoms with Gasteiger partial charge < -0.3 is 10.2 Å². The van der Waals surface area contributed by atoms with Gasteiger partial charge in [0.1, 0.15) is 0 Å². The highest BCUT2D eigenvalue weighted by Gasteiger charge is 2.17. The van der Waals surface area contributed by atoms with Gasteiger partial charge in [0.05, 0.1) is 11.6 Å². The number of amides is 1. The van der Waals surface area contributed by atoms with E-state index in [9.17, 15) is 4.79 Å². The molecule has 0 fully saturated rings. The van der Waals surface area contributed by atoms with Crippen molar-refractivity contribution in [1.82, 2.24) is 15.1 Å². The Morgan fingerprint density at radius 1 is 1.48 bits per heavy atom. The number of anilines is 1. The number of nitriles is 1. The van der Waals surface area contributed by atoms with Gasteiger partial charge in [-0.2, -0.15) is 5.26 Å². The molecule has 1 aromatic heterocycles. The third-order valence-corrected chi connectivity index (χ3v) is 3.63. The normalized spacial score (nSPS) is 9.95. The number of hydrogen-bond donors (Lipinski definition) is 1. The Morgan fingerprint density at radius 3 is 3.00 bits per heavy atom. The fourth-order valence-electron chi connectivity index (χ4n) is 1.78. The van der Waals surface area contributed by atoms with Crippen LogP contribution in [0.5, 0.6) is 0 Å². The molecule has 1 amide bonds. The fourth-order valence-corrected chi connectivity index (χ4v) is 2.59. The molecule has 0 spiro atoms. The molecule has 0 aliphatic carbocycles. The lowest BCUT2D eigenvalue weighted by Gasteiger charge is -2.15. The first-order valence-electron chi connectivity index (χ1n) is 6.46. The van der Waals surface area contributed by atoms with Gasteiger partial charge in [0.2, 0.25) is 10.1 Å². The Kier molecular flexibility index (Phi) is 4.85. The van der Waals surface area contributed by atoms with Gasteiger partial charge in [-0.1, -0.05) is 23.5 Å². The predicted molar refractivity (Wildman–Crippen MR) is 81.0 cm³/mol. The van der Waals surface area contributed by atoms with E-state index in [2.05, 4.69) is 21.6 Å². The maximum Gasteiger partial charge on any atom is 0.284 e. The Bertz CT molecular complexity index is 676. The molecule has 0 bridgehead atoms. The summed E-state index contributed by atoms with van der Waals surface area (Å²) in [5.74, 6) is -0.181. The summed E-state index contributed by atoms with van der Waals surface area (Å²) in [6.07, 6.45) is 0. The number of hydrogen-bond acceptors (Lipinski definition) is 6. The van der Waals surface area contributed by atoms with Gasteiger partial charge in [-0.05, 0) is 24.6 Å². The molecule has 0 aliphatic rings. The molecule has 0 radical (unpaired) electrons. The van der Waals surface area contributed by atoms with Gasteiger partial charge in [-0.15, -0.1) is 10.2 Å². The minimum atomic E-state index is -0.181. The van der Waals surface area contributed by atoms with Crippen molar-refractivity contribution in [3.63, 3.8) is 0 Å². The predicted octanol–water partition coefficient (Wildman–Crippen LogP) is 2.11. The summed E-state index contributed by atoms with van der Waals surface area (Å²) < 4.78 is 0. The van der Waals surface area contributed by atoms with E-state index in [0.29, 0.717) is 22.2 Å². The fraction of sp³-hybridized carbons (Fsp3) is 0.286. The first-order valence-corrected chi connectivity index (χ1v) is 7.27. The quantitative estimate of drug-likeness (QED) is 0.914. The highest BCUT2D eigenvalue weighted by Crippen LogP contribution is 2.17. The number of nitrogens with zero attached hydrogens (tertiary/aromatic N) is 4. The maximum absolute atomic E-state index is 12.3. The smallest absolute Gasteiger partial charge is 0.284 e. The molecule has 0 aliphatic heterocycles. The lowest BCUT2D eigenvalue weighted by molar-refractivity contribution is 0.0784. The first kappa shape index (κ1) is 14.9. The molecule has 1 heterocycles. The van der Waals surface area contributed by atoms with Gasteiger partial charge in [0.25, 0.3) is 5.91 Å². The second-order valence-electron chi connectivity index (χ2n) is 4.42. The number of nitrogens with one attached hydrogen (secondary N) is 1. The Balaban J connectivity index is 2.06. The molecule has 108 valence electrons. The molecule has 0 saturated carbocycles. The second-order valence-corrected chi connectivity index (χ2v) is 5.39. The summed E-state index contributed by atoms with van der Waals surface area (Å²) in [6, 6.07) is 9.28. The van der Waals surface area contributed by atoms with E-state index in [1.807, 2.05) is 13.0 Å². The molecule has 7 heteroatoms. The van der Waals surface area contributed by atoms with Gasteiger partial charge in [-0.3, -0.25) is 4.79 Å². The van der Waals surface area contributed by atoms with Crippen LogP contribution in [0.15, 0.2) is 24.3 Å². The topological polar surface area (TPSA) is 81.9 Å². The minimum Gasteiger partial charge on any atom is -0.360 e. The molecule has 1 aromatic carbocycles. The second kappa shape index (κ2) is 6.81. The van der Waals surface area contributed by atoms with Crippen molar-refractivity contribution >= 4 is 22.4 Å². The molecule has 2 rings (SSSR count). The highest BCUT2D eigenvalue weighted by atomic mass is 32.1. The van der Waals surface area contributed by atoms with Crippen molar-refractivity contribution in [3.8, 4) is 6.07 Å². The van der Waals surface area contributed by atoms with Crippen LogP contribution in [0, 0.1) is 11.3 Å². The van der Waals surface area contributed by atoms with E-state index in [1.54, 1.807) is 30.1 Å². The minimum absolute atomic E-state index is 0.181. The zero-order valence-electron chi connectivity index (χ0n) is 11.8. The third kappa shape index (κ3) is 3.77. The number of carbonyl (C=O) groups is 1. The average Bonchev–Trinajstić information content (AvgIpc) is 2.95. The van der Waals surface area contributed by atoms with Gasteiger partial charge >= 0.3 is 0 Å². The molecule has 21 heavy (non-hydrogen) atoms. The van der Waals surface area contributed by atoms with Crippen molar-refractivity contribution in [1.29, 1.82) is 5.26 Å². The number of benzene rings is 1. The van der Waals surface area contributed by atoms with Gasteiger partial charge in [0, 0.05) is 20.1 Å². The van der Waals surface area contributed by atoms with Crippen LogP contribution < -0.4 is 5.32 Å². The summed E-state index contributed by atoms with van der Waals surface area (Å²) in [6.45, 7) is 3.11. The monoisotopic (exact) mass is 301 g/mol. The van der Waals surface area contributed by atoms with Crippen molar-refractivity contribution < 1.29 is 4.79 Å². The van der Waals surface area contributed by atoms with Gasteiger partial charge in [-0.25, -0.2) is 0 Å². The Labute approximate surface area is 127 Å². The van der Waals surface area contributed by atoms with Crippen molar-refractivity contribution in [2.45, 2.75) is 13.5 Å². The molecule has 1 N–H and O–H groups in total. The van der Waals surface area contributed by atoms with Crippen LogP contribution in [0.4, 0.5) is 5.13 Å². The van der Waals surface area contributed by atoms with Crippen LogP contribution in [-0.2, 0) is 6.54 Å². The van der Waals surface area contributed by atoms with Crippen LogP contribution in [0.25, 0.3) is 0 Å². The lowest BCUT2D eigenvalue weighted by Crippen LogP contribution is -2.26. The summed E-state index contributed by atoms with van der Waals surface area (Å²) in [4.78, 5) is 13.8. The summed E-state index contributed by atoms with van der Waals surface area (Å²) >= 11 is 1.24. The van der Waals surface area contributed by atoms with Crippen molar-refractivity contribution in [2.75, 3.05) is 18.9 Å². The number of rotatable bonds is 5. The standard InChI is InChI=1S/C14H15N5OS/c1-3-16-14-18-17-12(21-14)13(20)19(2)9-11-6-4-5-10(7-11)8-15/h4-7H,3,9H2,1-2H3,(H,16,18). The first-order chi connectivity index (χ1) is 10.1. The highest BCUT2D eigenvalue weighted by molar-refractivity contribution is 7.17. The number of aromatic nitrogens is 2. The largest absolute Gasteiger partial charge is 0.360 e. The molecule has 0 saturated heterocycles. The van der Waals surface area contributed by atoms with Crippen LogP contribution in [0.1, 0.15) is 27.9 Å². The molecule has 6 nitrogen and oxygen atoms in total. The van der Waals surface area contributed by atoms with Crippen LogP contribution in [-0.4, -0.2) is 34.6 Å². The summed E-state index contributed by atoms with van der Waals surface area (Å²) in [5.41, 5.74) is 1.49. The molecule has 0 atom stereocenters. The maximum atomic E-state index is 12.3. The third-order valence-electron chi connectivity index (χ3n) is 2.76. The molecule has 2 aromatic rings. The summed E-state index contributed by atoms with van der Waals surface area (Å²) in [7, 11) is 1.70. The van der Waals surface area contributed by atoms with E-state index >= 15 is 0 Å². The van der Waals surface area contributed by atoms with E-state index in [-0.39, 0.29) is 5.91 Å². The van der Waals surface area contributed by atoms with E-state index in [4.69, 9.17) is 5.26 Å². The van der Waals surface area contributed by atoms with E-state index in [0.717, 1.165) is 12.1 Å². The average molecular weight is 301 g/mol. The lowest BCUT2D eigenvalue weighted by atomic mass is 10.1. The zero-order valence-corrected chi connectivity index (χ0v) is 12.6. The summed E-state index contributed by atoms with van der Waals surface area (Å²) in [5, 5.41) is 20.7. The zero-order chi connectivity index (χ0) is 15.2. The Hall–Kier alpha value is -2.46.